The number of benzene rings is 2. The van der Waals surface area contributed by atoms with Crippen LogP contribution in [0, 0.1) is 5.82 Å². The van der Waals surface area contributed by atoms with Crippen LogP contribution in [0.25, 0.3) is 0 Å². The zero-order valence-electron chi connectivity index (χ0n) is 14.1. The molecule has 1 aliphatic rings. The van der Waals surface area contributed by atoms with Crippen LogP contribution < -0.4 is 5.32 Å². The minimum Gasteiger partial charge on any atom is -0.455 e. The number of carbonyl (C=O) groups excluding carboxylic acids is 2. The standard InChI is InChI=1S/C20H19ClFNO3/c21-16-6-4-15(5-7-16)20(10-1-11-20)19(25)26-13-18(24)23-12-14-2-8-17(22)9-3-14/h2-9H,1,10-13H2,(H,23,24). The number of esters is 1. The van der Waals surface area contributed by atoms with Gasteiger partial charge in [-0.15, -0.1) is 0 Å². The smallest absolute Gasteiger partial charge is 0.317 e. The van der Waals surface area contributed by atoms with Crippen LogP contribution in [0.3, 0.4) is 0 Å². The molecule has 1 saturated carbocycles. The first kappa shape index (κ1) is 18.4. The number of ether oxygens (including phenoxy) is 1. The van der Waals surface area contributed by atoms with Crippen LogP contribution in [0.5, 0.6) is 0 Å². The Morgan fingerprint density at radius 3 is 2.31 bits per heavy atom. The highest BCUT2D eigenvalue weighted by molar-refractivity contribution is 6.30. The van der Waals surface area contributed by atoms with Crippen molar-refractivity contribution in [1.29, 1.82) is 0 Å². The fraction of sp³-hybridized carbons (Fsp3) is 0.300. The Kier molecular flexibility index (Phi) is 5.57. The summed E-state index contributed by atoms with van der Waals surface area (Å²) >= 11 is 5.91. The molecule has 1 fully saturated rings. The third kappa shape index (κ3) is 4.05. The van der Waals surface area contributed by atoms with Crippen molar-refractivity contribution in [3.63, 3.8) is 0 Å². The molecule has 6 heteroatoms. The number of hydrogen-bond donors (Lipinski definition) is 1. The van der Waals surface area contributed by atoms with E-state index in [0.717, 1.165) is 17.5 Å². The molecule has 26 heavy (non-hydrogen) atoms. The second-order valence-corrected chi connectivity index (χ2v) is 6.86. The van der Waals surface area contributed by atoms with Gasteiger partial charge in [0.05, 0.1) is 5.41 Å². The molecule has 0 atom stereocenters. The second-order valence-electron chi connectivity index (χ2n) is 6.42. The van der Waals surface area contributed by atoms with Crippen LogP contribution in [-0.4, -0.2) is 18.5 Å². The quantitative estimate of drug-likeness (QED) is 0.782. The monoisotopic (exact) mass is 375 g/mol. The van der Waals surface area contributed by atoms with Crippen molar-refractivity contribution >= 4 is 23.5 Å². The fourth-order valence-corrected chi connectivity index (χ4v) is 3.16. The van der Waals surface area contributed by atoms with E-state index >= 15 is 0 Å². The summed E-state index contributed by atoms with van der Waals surface area (Å²) in [7, 11) is 0. The molecular formula is C20H19ClFNO3. The summed E-state index contributed by atoms with van der Waals surface area (Å²) in [4.78, 5) is 24.5. The molecule has 1 N–H and O–H groups in total. The van der Waals surface area contributed by atoms with Crippen molar-refractivity contribution in [2.75, 3.05) is 6.61 Å². The number of hydrogen-bond acceptors (Lipinski definition) is 3. The molecule has 0 aromatic heterocycles. The highest BCUT2D eigenvalue weighted by Crippen LogP contribution is 2.45. The lowest BCUT2D eigenvalue weighted by Crippen LogP contribution is -2.44. The van der Waals surface area contributed by atoms with Crippen LogP contribution in [0.4, 0.5) is 4.39 Å². The molecule has 0 radical (unpaired) electrons. The molecule has 0 heterocycles. The summed E-state index contributed by atoms with van der Waals surface area (Å²) in [5.41, 5.74) is 0.953. The molecule has 4 nitrogen and oxygen atoms in total. The average Bonchev–Trinajstić information content (AvgIpc) is 2.60. The predicted molar refractivity (Wildman–Crippen MR) is 96.2 cm³/mol. The maximum atomic E-state index is 12.9. The van der Waals surface area contributed by atoms with Gasteiger partial charge in [-0.05, 0) is 48.2 Å². The number of halogens is 2. The Morgan fingerprint density at radius 1 is 1.08 bits per heavy atom. The summed E-state index contributed by atoms with van der Waals surface area (Å²) in [6, 6.07) is 13.0. The minimum atomic E-state index is -0.679. The van der Waals surface area contributed by atoms with Crippen LogP contribution in [0.15, 0.2) is 48.5 Å². The molecule has 2 aromatic carbocycles. The third-order valence-corrected chi connectivity index (χ3v) is 4.98. The maximum absolute atomic E-state index is 12.9. The van der Waals surface area contributed by atoms with E-state index in [2.05, 4.69) is 5.32 Å². The highest BCUT2D eigenvalue weighted by atomic mass is 35.5. The van der Waals surface area contributed by atoms with Crippen molar-refractivity contribution in [2.45, 2.75) is 31.2 Å². The van der Waals surface area contributed by atoms with Crippen molar-refractivity contribution < 1.29 is 18.7 Å². The van der Waals surface area contributed by atoms with Gasteiger partial charge in [-0.25, -0.2) is 4.39 Å². The molecular weight excluding hydrogens is 357 g/mol. The summed E-state index contributed by atoms with van der Waals surface area (Å²) in [5, 5.41) is 3.26. The summed E-state index contributed by atoms with van der Waals surface area (Å²) in [6.45, 7) is -0.0889. The molecule has 0 unspecified atom stereocenters. The molecule has 0 aliphatic heterocycles. The second kappa shape index (κ2) is 7.87. The number of carbonyl (C=O) groups is 2. The van der Waals surface area contributed by atoms with Crippen molar-refractivity contribution in [3.8, 4) is 0 Å². The van der Waals surface area contributed by atoms with E-state index in [1.807, 2.05) is 12.1 Å². The van der Waals surface area contributed by atoms with Crippen LogP contribution in [0.2, 0.25) is 5.02 Å². The SMILES string of the molecule is O=C(COC(=O)C1(c2ccc(Cl)cc2)CCC1)NCc1ccc(F)cc1. The molecule has 1 aliphatic carbocycles. The van der Waals surface area contributed by atoms with E-state index in [-0.39, 0.29) is 24.9 Å². The zero-order chi connectivity index (χ0) is 18.6. The lowest BCUT2D eigenvalue weighted by atomic mass is 9.64. The van der Waals surface area contributed by atoms with E-state index in [4.69, 9.17) is 16.3 Å². The topological polar surface area (TPSA) is 55.4 Å². The number of amides is 1. The Bertz CT molecular complexity index is 786. The predicted octanol–water partition coefficient (Wildman–Crippen LogP) is 3.76. The van der Waals surface area contributed by atoms with Crippen molar-refractivity contribution in [3.05, 3.63) is 70.5 Å². The van der Waals surface area contributed by atoms with Gasteiger partial charge in [-0.1, -0.05) is 42.3 Å². The number of rotatable bonds is 6. The van der Waals surface area contributed by atoms with Gasteiger partial charge < -0.3 is 10.1 Å². The van der Waals surface area contributed by atoms with E-state index in [9.17, 15) is 14.0 Å². The lowest BCUT2D eigenvalue weighted by Gasteiger charge is -2.39. The fourth-order valence-electron chi connectivity index (χ4n) is 3.03. The maximum Gasteiger partial charge on any atom is 0.317 e. The normalized spacial score (nSPS) is 15.0. The minimum absolute atomic E-state index is 0.249. The number of nitrogens with one attached hydrogen (secondary N) is 1. The Hall–Kier alpha value is -2.40. The third-order valence-electron chi connectivity index (χ3n) is 4.73. The first-order valence-corrected chi connectivity index (χ1v) is 8.82. The van der Waals surface area contributed by atoms with Crippen molar-refractivity contribution in [1.82, 2.24) is 5.32 Å². The summed E-state index contributed by atoms with van der Waals surface area (Å²) < 4.78 is 18.1. The zero-order valence-corrected chi connectivity index (χ0v) is 14.9. The summed E-state index contributed by atoms with van der Waals surface area (Å²) in [6.07, 6.45) is 2.34. The van der Waals surface area contributed by atoms with Gasteiger partial charge in [-0.3, -0.25) is 9.59 Å². The Labute approximate surface area is 156 Å². The average molecular weight is 376 g/mol. The molecule has 3 rings (SSSR count). The molecule has 0 bridgehead atoms. The molecule has 0 spiro atoms. The Morgan fingerprint density at radius 2 is 1.73 bits per heavy atom. The molecule has 0 saturated heterocycles. The van der Waals surface area contributed by atoms with Gasteiger partial charge in [-0.2, -0.15) is 0 Å². The van der Waals surface area contributed by atoms with Gasteiger partial charge in [0.2, 0.25) is 0 Å². The van der Waals surface area contributed by atoms with Crippen LogP contribution in [0.1, 0.15) is 30.4 Å². The van der Waals surface area contributed by atoms with E-state index in [0.29, 0.717) is 17.9 Å². The van der Waals surface area contributed by atoms with E-state index in [1.165, 1.54) is 12.1 Å². The van der Waals surface area contributed by atoms with Gasteiger partial charge in [0, 0.05) is 11.6 Å². The highest BCUT2D eigenvalue weighted by Gasteiger charge is 2.47. The van der Waals surface area contributed by atoms with Gasteiger partial charge in [0.25, 0.3) is 5.91 Å². The Balaban J connectivity index is 1.53. The first-order chi connectivity index (χ1) is 12.5. The molecule has 2 aromatic rings. The molecule has 136 valence electrons. The van der Waals surface area contributed by atoms with Crippen LogP contribution in [-0.2, 0) is 26.3 Å². The van der Waals surface area contributed by atoms with Gasteiger partial charge in [0.15, 0.2) is 6.61 Å². The van der Waals surface area contributed by atoms with Gasteiger partial charge >= 0.3 is 5.97 Å². The summed E-state index contributed by atoms with van der Waals surface area (Å²) in [5.74, 6) is -1.11. The lowest BCUT2D eigenvalue weighted by molar-refractivity contribution is -0.157. The molecule has 1 amide bonds. The van der Waals surface area contributed by atoms with Gasteiger partial charge in [0.1, 0.15) is 5.82 Å². The van der Waals surface area contributed by atoms with Crippen LogP contribution >= 0.6 is 11.6 Å². The van der Waals surface area contributed by atoms with Crippen molar-refractivity contribution in [2.24, 2.45) is 0 Å². The van der Waals surface area contributed by atoms with E-state index < -0.39 is 11.3 Å². The van der Waals surface area contributed by atoms with E-state index in [1.54, 1.807) is 24.3 Å². The largest absolute Gasteiger partial charge is 0.455 e. The first-order valence-electron chi connectivity index (χ1n) is 8.44.